The van der Waals surface area contributed by atoms with E-state index in [1.54, 1.807) is 6.08 Å². The van der Waals surface area contributed by atoms with Gasteiger partial charge in [0, 0.05) is 32.0 Å². The summed E-state index contributed by atoms with van der Waals surface area (Å²) in [7, 11) is -2.03. The fourth-order valence-corrected chi connectivity index (χ4v) is 2.72. The highest BCUT2D eigenvalue weighted by Crippen LogP contribution is 2.08. The van der Waals surface area contributed by atoms with E-state index in [4.69, 9.17) is 10.00 Å². The van der Waals surface area contributed by atoms with Crippen molar-refractivity contribution in [3.8, 4) is 6.07 Å². The van der Waals surface area contributed by atoms with E-state index in [9.17, 15) is 8.42 Å². The van der Waals surface area contributed by atoms with Gasteiger partial charge >= 0.3 is 0 Å². The molecule has 0 amide bonds. The largest absolute Gasteiger partial charge is 0.383 e. The van der Waals surface area contributed by atoms with Crippen LogP contribution in [0.2, 0.25) is 0 Å². The van der Waals surface area contributed by atoms with E-state index < -0.39 is 10.0 Å². The van der Waals surface area contributed by atoms with Crippen molar-refractivity contribution in [2.24, 2.45) is 0 Å². The maximum Gasteiger partial charge on any atom is 0.236 e. The van der Waals surface area contributed by atoms with E-state index in [2.05, 4.69) is 0 Å². The van der Waals surface area contributed by atoms with E-state index >= 15 is 0 Å². The van der Waals surface area contributed by atoms with Gasteiger partial charge in [0.25, 0.3) is 0 Å². The fourth-order valence-electron chi connectivity index (χ4n) is 1.55. The van der Waals surface area contributed by atoms with Crippen LogP contribution >= 0.6 is 0 Å². The lowest BCUT2D eigenvalue weighted by Crippen LogP contribution is -2.33. The second-order valence-electron chi connectivity index (χ2n) is 4.06. The third-order valence-corrected chi connectivity index (χ3v) is 4.17. The number of hydrogen-bond acceptors (Lipinski definition) is 4. The molecule has 0 saturated carbocycles. The molecular weight excluding hydrogens is 276 g/mol. The van der Waals surface area contributed by atoms with Crippen LogP contribution < -0.4 is 0 Å². The first-order valence-corrected chi connectivity index (χ1v) is 7.69. The predicted octanol–water partition coefficient (Wildman–Crippen LogP) is 1.85. The second-order valence-corrected chi connectivity index (χ2v) is 5.88. The quantitative estimate of drug-likeness (QED) is 0.733. The van der Waals surface area contributed by atoms with Gasteiger partial charge in [0.05, 0.1) is 12.7 Å². The van der Waals surface area contributed by atoms with Gasteiger partial charge in [-0.1, -0.05) is 30.3 Å². The van der Waals surface area contributed by atoms with Gasteiger partial charge in [-0.15, -0.1) is 0 Å². The first-order chi connectivity index (χ1) is 9.60. The van der Waals surface area contributed by atoms with E-state index in [1.165, 1.54) is 11.4 Å². The van der Waals surface area contributed by atoms with Crippen molar-refractivity contribution in [3.05, 3.63) is 41.3 Å². The van der Waals surface area contributed by atoms with Gasteiger partial charge < -0.3 is 4.74 Å². The molecule has 0 fully saturated rings. The topological polar surface area (TPSA) is 70.4 Å². The summed E-state index contributed by atoms with van der Waals surface area (Å²) in [6.45, 7) is 0.699. The van der Waals surface area contributed by atoms with Crippen molar-refractivity contribution in [1.82, 2.24) is 4.31 Å². The number of nitrogens with zero attached hydrogens (tertiary/aromatic N) is 2. The lowest BCUT2D eigenvalue weighted by Gasteiger charge is -2.18. The molecule has 20 heavy (non-hydrogen) atoms. The highest BCUT2D eigenvalue weighted by molar-refractivity contribution is 7.92. The van der Waals surface area contributed by atoms with Crippen LogP contribution in [-0.4, -0.2) is 39.5 Å². The number of nitriles is 1. The molecule has 5 nitrogen and oxygen atoms in total. The van der Waals surface area contributed by atoms with Crippen LogP contribution in [0.3, 0.4) is 0 Å². The van der Waals surface area contributed by atoms with Gasteiger partial charge in [0.1, 0.15) is 0 Å². The van der Waals surface area contributed by atoms with E-state index in [-0.39, 0.29) is 19.5 Å². The lowest BCUT2D eigenvalue weighted by molar-refractivity contribution is 0.180. The molecule has 0 spiro atoms. The summed E-state index contributed by atoms with van der Waals surface area (Å²) >= 11 is 0. The first-order valence-electron chi connectivity index (χ1n) is 6.19. The summed E-state index contributed by atoms with van der Waals surface area (Å²) in [5.74, 6) is 0. The van der Waals surface area contributed by atoms with Crippen LogP contribution in [-0.2, 0) is 14.8 Å². The molecule has 0 aromatic heterocycles. The van der Waals surface area contributed by atoms with Gasteiger partial charge in [-0.2, -0.15) is 9.57 Å². The Balaban J connectivity index is 2.81. The number of benzene rings is 1. The molecule has 0 aliphatic rings. The van der Waals surface area contributed by atoms with Gasteiger partial charge in [0.2, 0.25) is 10.0 Å². The average molecular weight is 294 g/mol. The second kappa shape index (κ2) is 8.48. The number of methoxy groups -OCH3 is 1. The zero-order valence-electron chi connectivity index (χ0n) is 11.4. The third-order valence-electron chi connectivity index (χ3n) is 2.61. The molecule has 1 aromatic rings. The summed E-state index contributed by atoms with van der Waals surface area (Å²) in [6.07, 6.45) is 1.70. The van der Waals surface area contributed by atoms with Crippen molar-refractivity contribution >= 4 is 16.1 Å². The molecule has 108 valence electrons. The normalized spacial score (nSPS) is 11.8. The molecule has 0 saturated heterocycles. The Bertz CT molecular complexity index is 562. The monoisotopic (exact) mass is 294 g/mol. The van der Waals surface area contributed by atoms with Crippen LogP contribution in [0.25, 0.3) is 6.08 Å². The van der Waals surface area contributed by atoms with Gasteiger partial charge in [-0.05, 0) is 11.6 Å². The minimum Gasteiger partial charge on any atom is -0.383 e. The summed E-state index contributed by atoms with van der Waals surface area (Å²) < 4.78 is 30.5. The molecule has 0 radical (unpaired) electrons. The minimum atomic E-state index is -3.54. The summed E-state index contributed by atoms with van der Waals surface area (Å²) in [5.41, 5.74) is 0.808. The molecule has 6 heteroatoms. The smallest absolute Gasteiger partial charge is 0.236 e. The van der Waals surface area contributed by atoms with Crippen LogP contribution in [0.15, 0.2) is 35.7 Å². The van der Waals surface area contributed by atoms with Crippen molar-refractivity contribution in [2.75, 3.05) is 26.8 Å². The van der Waals surface area contributed by atoms with Crippen LogP contribution in [0.4, 0.5) is 0 Å². The standard InChI is InChI=1S/C14H18N2O3S/c1-19-12-11-16(10-5-9-15)20(17,18)13-8-14-6-3-2-4-7-14/h2-4,6-8,13H,5,10-12H2,1H3/b13-8-. The van der Waals surface area contributed by atoms with Crippen molar-refractivity contribution in [2.45, 2.75) is 6.42 Å². The SMILES string of the molecule is COCCN(CCC#N)S(=O)(=O)/C=C\c1ccccc1. The molecule has 1 aromatic carbocycles. The molecule has 0 unspecified atom stereocenters. The van der Waals surface area contributed by atoms with Gasteiger partial charge in [-0.3, -0.25) is 0 Å². The Morgan fingerprint density at radius 3 is 2.60 bits per heavy atom. The maximum absolute atomic E-state index is 12.2. The molecule has 0 heterocycles. The predicted molar refractivity (Wildman–Crippen MR) is 78.1 cm³/mol. The third kappa shape index (κ3) is 5.53. The van der Waals surface area contributed by atoms with Gasteiger partial charge in [-0.25, -0.2) is 8.42 Å². The molecule has 0 bridgehead atoms. The summed E-state index contributed by atoms with van der Waals surface area (Å²) in [6, 6.07) is 11.1. The highest BCUT2D eigenvalue weighted by Gasteiger charge is 2.18. The van der Waals surface area contributed by atoms with Crippen molar-refractivity contribution in [3.63, 3.8) is 0 Å². The fraction of sp³-hybridized carbons (Fsp3) is 0.357. The minimum absolute atomic E-state index is 0.155. The zero-order valence-corrected chi connectivity index (χ0v) is 12.2. The Morgan fingerprint density at radius 2 is 2.00 bits per heavy atom. The summed E-state index contributed by atoms with van der Waals surface area (Å²) in [5, 5.41) is 9.76. The van der Waals surface area contributed by atoms with Crippen LogP contribution in [0.1, 0.15) is 12.0 Å². The maximum atomic E-state index is 12.2. The van der Waals surface area contributed by atoms with Crippen LogP contribution in [0.5, 0.6) is 0 Å². The van der Waals surface area contributed by atoms with Crippen molar-refractivity contribution in [1.29, 1.82) is 5.26 Å². The lowest BCUT2D eigenvalue weighted by atomic mass is 10.2. The highest BCUT2D eigenvalue weighted by atomic mass is 32.2. The van der Waals surface area contributed by atoms with Crippen molar-refractivity contribution < 1.29 is 13.2 Å². The number of ether oxygens (including phenoxy) is 1. The number of sulfonamides is 1. The van der Waals surface area contributed by atoms with Crippen LogP contribution in [0, 0.1) is 11.3 Å². The molecule has 1 rings (SSSR count). The Morgan fingerprint density at radius 1 is 1.30 bits per heavy atom. The molecule has 0 aliphatic carbocycles. The Kier molecular flexibility index (Phi) is 6.94. The average Bonchev–Trinajstić information content (AvgIpc) is 2.46. The first kappa shape index (κ1) is 16.4. The molecule has 0 N–H and O–H groups in total. The van der Waals surface area contributed by atoms with E-state index in [0.29, 0.717) is 6.61 Å². The number of rotatable bonds is 8. The van der Waals surface area contributed by atoms with Gasteiger partial charge in [0.15, 0.2) is 0 Å². The number of hydrogen-bond donors (Lipinski definition) is 0. The molecular formula is C14H18N2O3S. The molecule has 0 atom stereocenters. The van der Waals surface area contributed by atoms with E-state index in [0.717, 1.165) is 11.0 Å². The zero-order chi connectivity index (χ0) is 14.8. The molecule has 0 aliphatic heterocycles. The Hall–Kier alpha value is -1.68. The summed E-state index contributed by atoms with van der Waals surface area (Å²) in [4.78, 5) is 0. The Labute approximate surface area is 120 Å². The van der Waals surface area contributed by atoms with E-state index in [1.807, 2.05) is 36.4 Å².